The Hall–Kier alpha value is -2.69. The van der Waals surface area contributed by atoms with Gasteiger partial charge in [-0.2, -0.15) is 5.10 Å². The van der Waals surface area contributed by atoms with E-state index in [1.807, 2.05) is 0 Å². The number of carbonyl (C=O) groups excluding carboxylic acids is 1. The normalized spacial score (nSPS) is 11.6. The number of carbonyl (C=O) groups is 1. The van der Waals surface area contributed by atoms with Crippen molar-refractivity contribution in [2.24, 2.45) is 5.10 Å². The Labute approximate surface area is 149 Å². The van der Waals surface area contributed by atoms with Crippen molar-refractivity contribution < 1.29 is 31.8 Å². The SMILES string of the molecule is CCOC(=O)Cc1csc(NN=Cc2cc(F)ccc2OC(F)(F)F)n1. The molecule has 0 amide bonds. The molecule has 0 aliphatic rings. The van der Waals surface area contributed by atoms with Crippen molar-refractivity contribution in [3.8, 4) is 5.75 Å². The van der Waals surface area contributed by atoms with E-state index in [4.69, 9.17) is 4.74 Å². The minimum Gasteiger partial charge on any atom is -0.466 e. The Balaban J connectivity index is 2.03. The van der Waals surface area contributed by atoms with Crippen LogP contribution in [0.1, 0.15) is 18.2 Å². The van der Waals surface area contributed by atoms with Crippen molar-refractivity contribution in [2.45, 2.75) is 19.7 Å². The number of aromatic nitrogens is 1. The van der Waals surface area contributed by atoms with Gasteiger partial charge in [-0.1, -0.05) is 0 Å². The smallest absolute Gasteiger partial charge is 0.466 e. The van der Waals surface area contributed by atoms with E-state index >= 15 is 0 Å². The van der Waals surface area contributed by atoms with Gasteiger partial charge in [-0.05, 0) is 25.1 Å². The number of hydrogen-bond acceptors (Lipinski definition) is 7. The summed E-state index contributed by atoms with van der Waals surface area (Å²) in [7, 11) is 0. The predicted molar refractivity (Wildman–Crippen MR) is 86.8 cm³/mol. The molecular weight excluding hydrogens is 378 g/mol. The molecule has 1 heterocycles. The zero-order valence-corrected chi connectivity index (χ0v) is 14.2. The van der Waals surface area contributed by atoms with Gasteiger partial charge in [0.25, 0.3) is 0 Å². The fraction of sp³-hybridized carbons (Fsp3) is 0.267. The first-order valence-electron chi connectivity index (χ1n) is 7.21. The number of hydrogen-bond donors (Lipinski definition) is 1. The van der Waals surface area contributed by atoms with Gasteiger partial charge in [0.05, 0.1) is 24.9 Å². The van der Waals surface area contributed by atoms with Crippen LogP contribution < -0.4 is 10.2 Å². The van der Waals surface area contributed by atoms with Crippen LogP contribution in [-0.4, -0.2) is 30.1 Å². The first-order valence-corrected chi connectivity index (χ1v) is 8.09. The molecule has 140 valence electrons. The lowest BCUT2D eigenvalue weighted by atomic mass is 10.2. The Morgan fingerprint density at radius 1 is 1.42 bits per heavy atom. The largest absolute Gasteiger partial charge is 0.573 e. The van der Waals surface area contributed by atoms with Gasteiger partial charge in [0.15, 0.2) is 0 Å². The lowest BCUT2D eigenvalue weighted by Crippen LogP contribution is -2.18. The molecule has 0 saturated carbocycles. The molecule has 0 radical (unpaired) electrons. The van der Waals surface area contributed by atoms with E-state index in [2.05, 4.69) is 20.2 Å². The van der Waals surface area contributed by atoms with Crippen LogP contribution in [0, 0.1) is 5.82 Å². The van der Waals surface area contributed by atoms with E-state index in [1.54, 1.807) is 12.3 Å². The molecule has 0 aliphatic carbocycles. The maximum absolute atomic E-state index is 13.2. The maximum atomic E-state index is 13.2. The molecule has 1 N–H and O–H groups in total. The minimum atomic E-state index is -4.91. The molecule has 0 saturated heterocycles. The predicted octanol–water partition coefficient (Wildman–Crippen LogP) is 3.73. The standard InChI is InChI=1S/C15H13F4N3O3S/c1-2-24-13(23)6-11-8-26-14(21-11)22-20-7-9-5-10(16)3-4-12(9)25-15(17,18)19/h3-5,7-8H,2,6H2,1H3,(H,21,22). The number of benzene rings is 1. The van der Waals surface area contributed by atoms with Crippen molar-refractivity contribution in [1.82, 2.24) is 4.98 Å². The highest BCUT2D eigenvalue weighted by molar-refractivity contribution is 7.13. The van der Waals surface area contributed by atoms with Gasteiger partial charge in [0, 0.05) is 10.9 Å². The van der Waals surface area contributed by atoms with Crippen molar-refractivity contribution in [1.29, 1.82) is 0 Å². The van der Waals surface area contributed by atoms with E-state index in [0.29, 0.717) is 10.8 Å². The summed E-state index contributed by atoms with van der Waals surface area (Å²) in [4.78, 5) is 15.4. The Morgan fingerprint density at radius 2 is 2.19 bits per heavy atom. The van der Waals surface area contributed by atoms with Gasteiger partial charge < -0.3 is 9.47 Å². The summed E-state index contributed by atoms with van der Waals surface area (Å²) in [5.74, 6) is -1.76. The molecule has 26 heavy (non-hydrogen) atoms. The van der Waals surface area contributed by atoms with E-state index in [9.17, 15) is 22.4 Å². The van der Waals surface area contributed by atoms with E-state index in [1.165, 1.54) is 0 Å². The molecule has 2 aromatic rings. The van der Waals surface area contributed by atoms with Crippen LogP contribution >= 0.6 is 11.3 Å². The Bertz CT molecular complexity index is 793. The molecule has 0 spiro atoms. The molecule has 6 nitrogen and oxygen atoms in total. The van der Waals surface area contributed by atoms with Gasteiger partial charge in [0.1, 0.15) is 11.6 Å². The molecule has 1 aromatic heterocycles. The maximum Gasteiger partial charge on any atom is 0.573 e. The number of hydrazone groups is 1. The molecular formula is C15H13F4N3O3S. The van der Waals surface area contributed by atoms with Gasteiger partial charge in [-0.3, -0.25) is 10.2 Å². The van der Waals surface area contributed by atoms with Crippen LogP contribution in [0.2, 0.25) is 0 Å². The highest BCUT2D eigenvalue weighted by Crippen LogP contribution is 2.26. The van der Waals surface area contributed by atoms with Crippen LogP contribution in [0.15, 0.2) is 28.7 Å². The summed E-state index contributed by atoms with van der Waals surface area (Å²) in [5.41, 5.74) is 2.74. The highest BCUT2D eigenvalue weighted by Gasteiger charge is 2.32. The van der Waals surface area contributed by atoms with Crippen LogP contribution in [-0.2, 0) is 16.0 Å². The average Bonchev–Trinajstić information content (AvgIpc) is 2.96. The lowest BCUT2D eigenvalue weighted by molar-refractivity contribution is -0.274. The molecule has 11 heteroatoms. The highest BCUT2D eigenvalue weighted by atomic mass is 32.1. The number of alkyl halides is 3. The van der Waals surface area contributed by atoms with Crippen molar-refractivity contribution in [2.75, 3.05) is 12.0 Å². The second-order valence-corrected chi connectivity index (χ2v) is 5.58. The van der Waals surface area contributed by atoms with Crippen molar-refractivity contribution in [3.63, 3.8) is 0 Å². The molecule has 0 fully saturated rings. The number of nitrogens with zero attached hydrogens (tertiary/aromatic N) is 2. The molecule has 0 atom stereocenters. The van der Waals surface area contributed by atoms with Crippen molar-refractivity contribution >= 4 is 28.7 Å². The molecule has 0 bridgehead atoms. The molecule has 2 rings (SSSR count). The number of rotatable bonds is 7. The number of esters is 1. The Morgan fingerprint density at radius 3 is 2.88 bits per heavy atom. The van der Waals surface area contributed by atoms with Gasteiger partial charge in [-0.15, -0.1) is 24.5 Å². The fourth-order valence-electron chi connectivity index (χ4n) is 1.79. The third kappa shape index (κ3) is 6.31. The topological polar surface area (TPSA) is 72.8 Å². The number of ether oxygens (including phenoxy) is 2. The van der Waals surface area contributed by atoms with Crippen LogP contribution in [0.5, 0.6) is 5.75 Å². The zero-order valence-electron chi connectivity index (χ0n) is 13.3. The van der Waals surface area contributed by atoms with E-state index in [-0.39, 0.29) is 18.6 Å². The Kier molecular flexibility index (Phi) is 6.50. The summed E-state index contributed by atoms with van der Waals surface area (Å²) in [5, 5.41) is 5.62. The van der Waals surface area contributed by atoms with Gasteiger partial charge in [0.2, 0.25) is 5.13 Å². The number of thiazole rings is 1. The first-order chi connectivity index (χ1) is 12.3. The van der Waals surface area contributed by atoms with E-state index in [0.717, 1.165) is 35.8 Å². The van der Waals surface area contributed by atoms with Gasteiger partial charge in [-0.25, -0.2) is 9.37 Å². The van der Waals surface area contributed by atoms with Crippen LogP contribution in [0.4, 0.5) is 22.7 Å². The number of halogens is 4. The fourth-order valence-corrected chi connectivity index (χ4v) is 2.45. The first kappa shape index (κ1) is 19.6. The second kappa shape index (κ2) is 8.61. The van der Waals surface area contributed by atoms with Gasteiger partial charge >= 0.3 is 12.3 Å². The molecule has 1 aromatic carbocycles. The van der Waals surface area contributed by atoms with Crippen molar-refractivity contribution in [3.05, 3.63) is 40.7 Å². The number of nitrogens with one attached hydrogen (secondary N) is 1. The zero-order chi connectivity index (χ0) is 19.2. The summed E-state index contributed by atoms with van der Waals surface area (Å²) < 4.78 is 58.9. The summed E-state index contributed by atoms with van der Waals surface area (Å²) in [6.07, 6.45) is -3.95. The van der Waals surface area contributed by atoms with E-state index < -0.39 is 23.9 Å². The molecule has 0 unspecified atom stereocenters. The lowest BCUT2D eigenvalue weighted by Gasteiger charge is -2.10. The summed E-state index contributed by atoms with van der Waals surface area (Å²) in [6.45, 7) is 1.94. The third-order valence-corrected chi connectivity index (χ3v) is 3.54. The minimum absolute atomic E-state index is 0.0107. The van der Waals surface area contributed by atoms with Crippen LogP contribution in [0.25, 0.3) is 0 Å². The summed E-state index contributed by atoms with van der Waals surface area (Å²) in [6, 6.07) is 2.54. The number of anilines is 1. The summed E-state index contributed by atoms with van der Waals surface area (Å²) >= 11 is 1.13. The third-order valence-electron chi connectivity index (χ3n) is 2.74. The quantitative estimate of drug-likeness (QED) is 0.337. The average molecular weight is 391 g/mol. The van der Waals surface area contributed by atoms with Crippen LogP contribution in [0.3, 0.4) is 0 Å². The monoisotopic (exact) mass is 391 g/mol. The molecule has 0 aliphatic heterocycles. The second-order valence-electron chi connectivity index (χ2n) is 4.73.